The maximum Gasteiger partial charge on any atom is 0.281 e. The van der Waals surface area contributed by atoms with E-state index in [-0.39, 0.29) is 24.7 Å². The Morgan fingerprint density at radius 2 is 2.43 bits per heavy atom. The number of aliphatic hydroxyl groups excluding tert-OH is 1. The predicted molar refractivity (Wildman–Crippen MR) is 49.6 cm³/mol. The lowest BCUT2D eigenvalue weighted by Gasteiger charge is -2.05. The summed E-state index contributed by atoms with van der Waals surface area (Å²) < 4.78 is 1.19. The SMILES string of the molecule is Nc1nc2nc[nH]c2c(=O)n1CCO. The fraction of sp³-hybridized carbons (Fsp3) is 0.286. The number of nitrogens with zero attached hydrogens (tertiary/aromatic N) is 3. The second-order valence-electron chi connectivity index (χ2n) is 2.75. The van der Waals surface area contributed by atoms with E-state index in [9.17, 15) is 4.79 Å². The lowest BCUT2D eigenvalue weighted by molar-refractivity contribution is 0.275. The molecule has 74 valence electrons. The molecule has 0 aliphatic heterocycles. The Morgan fingerprint density at radius 3 is 3.14 bits per heavy atom. The number of aromatic amines is 1. The number of imidazole rings is 1. The van der Waals surface area contributed by atoms with Crippen molar-refractivity contribution in [3.8, 4) is 0 Å². The van der Waals surface area contributed by atoms with Crippen molar-refractivity contribution in [3.63, 3.8) is 0 Å². The van der Waals surface area contributed by atoms with Gasteiger partial charge in [0.25, 0.3) is 5.56 Å². The van der Waals surface area contributed by atoms with Crippen LogP contribution in [0.4, 0.5) is 5.95 Å². The van der Waals surface area contributed by atoms with Gasteiger partial charge in [0.1, 0.15) is 0 Å². The third-order valence-corrected chi connectivity index (χ3v) is 1.90. The van der Waals surface area contributed by atoms with Crippen LogP contribution in [0.5, 0.6) is 0 Å². The molecule has 2 rings (SSSR count). The molecule has 2 aromatic heterocycles. The molecular weight excluding hydrogens is 186 g/mol. The molecule has 0 bridgehead atoms. The minimum absolute atomic E-state index is 0.0589. The summed E-state index contributed by atoms with van der Waals surface area (Å²) in [7, 11) is 0. The Kier molecular flexibility index (Phi) is 1.93. The maximum absolute atomic E-state index is 11.7. The summed E-state index contributed by atoms with van der Waals surface area (Å²) in [5.74, 6) is 0.0589. The summed E-state index contributed by atoms with van der Waals surface area (Å²) in [4.78, 5) is 22.1. The van der Waals surface area contributed by atoms with Crippen LogP contribution in [0.2, 0.25) is 0 Å². The van der Waals surface area contributed by atoms with Crippen LogP contribution in [0.1, 0.15) is 0 Å². The van der Waals surface area contributed by atoms with Crippen LogP contribution in [-0.4, -0.2) is 31.2 Å². The molecule has 0 unspecified atom stereocenters. The Hall–Kier alpha value is -1.89. The zero-order valence-electron chi connectivity index (χ0n) is 7.27. The van der Waals surface area contributed by atoms with Crippen LogP contribution in [0.3, 0.4) is 0 Å². The van der Waals surface area contributed by atoms with Crippen LogP contribution < -0.4 is 11.3 Å². The van der Waals surface area contributed by atoms with Gasteiger partial charge in [-0.05, 0) is 0 Å². The molecule has 0 aromatic carbocycles. The van der Waals surface area contributed by atoms with Gasteiger partial charge in [-0.2, -0.15) is 4.98 Å². The van der Waals surface area contributed by atoms with Gasteiger partial charge in [0.2, 0.25) is 5.95 Å². The standard InChI is InChI=1S/C7H9N5O2/c8-7-11-5-4(9-3-10-5)6(14)12(7)1-2-13/h3,13H,1-2H2,(H2,8,11)(H,9,10). The molecule has 14 heavy (non-hydrogen) atoms. The van der Waals surface area contributed by atoms with Gasteiger partial charge >= 0.3 is 0 Å². The van der Waals surface area contributed by atoms with E-state index in [1.165, 1.54) is 10.9 Å². The van der Waals surface area contributed by atoms with Crippen LogP contribution in [-0.2, 0) is 6.54 Å². The van der Waals surface area contributed by atoms with E-state index < -0.39 is 0 Å². The minimum Gasteiger partial charge on any atom is -0.395 e. The fourth-order valence-corrected chi connectivity index (χ4v) is 1.25. The number of hydrogen-bond donors (Lipinski definition) is 3. The number of nitrogens with two attached hydrogens (primary N) is 1. The Morgan fingerprint density at radius 1 is 1.64 bits per heavy atom. The van der Waals surface area contributed by atoms with Crippen molar-refractivity contribution in [2.75, 3.05) is 12.3 Å². The monoisotopic (exact) mass is 195 g/mol. The van der Waals surface area contributed by atoms with Gasteiger partial charge in [-0.25, -0.2) is 4.98 Å². The highest BCUT2D eigenvalue weighted by Gasteiger charge is 2.09. The van der Waals surface area contributed by atoms with Crippen LogP contribution in [0.25, 0.3) is 11.2 Å². The number of anilines is 1. The topological polar surface area (TPSA) is 110 Å². The van der Waals surface area contributed by atoms with E-state index in [1.807, 2.05) is 0 Å². The molecule has 0 atom stereocenters. The Bertz CT molecular complexity index is 514. The third-order valence-electron chi connectivity index (χ3n) is 1.90. The second-order valence-corrected chi connectivity index (χ2v) is 2.75. The Labute approximate surface area is 78.2 Å². The molecule has 0 spiro atoms. The highest BCUT2D eigenvalue weighted by Crippen LogP contribution is 2.03. The molecule has 2 heterocycles. The summed E-state index contributed by atoms with van der Waals surface area (Å²) in [6.45, 7) is -0.0297. The quantitative estimate of drug-likeness (QED) is 0.551. The van der Waals surface area contributed by atoms with Crippen LogP contribution in [0, 0.1) is 0 Å². The first-order valence-electron chi connectivity index (χ1n) is 4.04. The van der Waals surface area contributed by atoms with E-state index in [1.54, 1.807) is 0 Å². The average molecular weight is 195 g/mol. The van der Waals surface area contributed by atoms with Crippen LogP contribution in [0.15, 0.2) is 11.1 Å². The van der Waals surface area contributed by atoms with Crippen molar-refractivity contribution in [1.82, 2.24) is 19.5 Å². The summed E-state index contributed by atoms with van der Waals surface area (Å²) in [6, 6.07) is 0. The molecular formula is C7H9N5O2. The average Bonchev–Trinajstić information content (AvgIpc) is 2.60. The highest BCUT2D eigenvalue weighted by molar-refractivity contribution is 5.69. The molecule has 2 aromatic rings. The molecule has 4 N–H and O–H groups in total. The third kappa shape index (κ3) is 1.14. The molecule has 0 aliphatic carbocycles. The molecule has 7 heteroatoms. The molecule has 7 nitrogen and oxygen atoms in total. The number of nitrogens with one attached hydrogen (secondary N) is 1. The molecule has 0 saturated heterocycles. The molecule has 0 fully saturated rings. The molecule has 0 radical (unpaired) electrons. The van der Waals surface area contributed by atoms with Crippen molar-refractivity contribution in [3.05, 3.63) is 16.7 Å². The maximum atomic E-state index is 11.7. The first-order valence-corrected chi connectivity index (χ1v) is 4.04. The number of fused-ring (bicyclic) bond motifs is 1. The van der Waals surface area contributed by atoms with E-state index in [4.69, 9.17) is 10.8 Å². The normalized spacial score (nSPS) is 10.9. The lowest BCUT2D eigenvalue weighted by Crippen LogP contribution is -2.25. The fourth-order valence-electron chi connectivity index (χ4n) is 1.25. The zero-order valence-corrected chi connectivity index (χ0v) is 7.27. The predicted octanol–water partition coefficient (Wildman–Crippen LogP) is -1.31. The molecule has 0 saturated carbocycles. The zero-order chi connectivity index (χ0) is 10.1. The number of aromatic nitrogens is 4. The van der Waals surface area contributed by atoms with Crippen molar-refractivity contribution >= 4 is 17.1 Å². The van der Waals surface area contributed by atoms with E-state index >= 15 is 0 Å². The summed E-state index contributed by atoms with van der Waals surface area (Å²) >= 11 is 0. The van der Waals surface area contributed by atoms with Gasteiger partial charge in [-0.1, -0.05) is 0 Å². The minimum atomic E-state index is -0.320. The highest BCUT2D eigenvalue weighted by atomic mass is 16.3. The van der Waals surface area contributed by atoms with Gasteiger partial charge in [0, 0.05) is 0 Å². The summed E-state index contributed by atoms with van der Waals surface area (Å²) in [6.07, 6.45) is 1.38. The van der Waals surface area contributed by atoms with Crippen molar-refractivity contribution in [2.24, 2.45) is 0 Å². The molecule has 0 aliphatic rings. The second kappa shape index (κ2) is 3.11. The first-order chi connectivity index (χ1) is 6.74. The van der Waals surface area contributed by atoms with Gasteiger partial charge in [0.15, 0.2) is 11.2 Å². The van der Waals surface area contributed by atoms with Gasteiger partial charge < -0.3 is 15.8 Å². The summed E-state index contributed by atoms with van der Waals surface area (Å²) in [5.41, 5.74) is 5.79. The smallest absolute Gasteiger partial charge is 0.281 e. The van der Waals surface area contributed by atoms with E-state index in [0.29, 0.717) is 11.2 Å². The van der Waals surface area contributed by atoms with Crippen molar-refractivity contribution < 1.29 is 5.11 Å². The molecule has 0 amide bonds. The van der Waals surface area contributed by atoms with Crippen LogP contribution >= 0.6 is 0 Å². The first kappa shape index (κ1) is 8.70. The van der Waals surface area contributed by atoms with E-state index in [0.717, 1.165) is 0 Å². The number of rotatable bonds is 2. The number of nitrogen functional groups attached to an aromatic ring is 1. The summed E-state index contributed by atoms with van der Waals surface area (Å²) in [5, 5.41) is 8.72. The van der Waals surface area contributed by atoms with Crippen molar-refractivity contribution in [1.29, 1.82) is 0 Å². The van der Waals surface area contributed by atoms with Gasteiger partial charge in [0.05, 0.1) is 19.5 Å². The number of aliphatic hydroxyl groups is 1. The largest absolute Gasteiger partial charge is 0.395 e. The number of H-pyrrole nitrogens is 1. The lowest BCUT2D eigenvalue weighted by atomic mass is 10.5. The van der Waals surface area contributed by atoms with Gasteiger partial charge in [-0.15, -0.1) is 0 Å². The van der Waals surface area contributed by atoms with Gasteiger partial charge in [-0.3, -0.25) is 9.36 Å². The number of hydrogen-bond acceptors (Lipinski definition) is 5. The Balaban J connectivity index is 2.76. The van der Waals surface area contributed by atoms with E-state index in [2.05, 4.69) is 15.0 Å². The van der Waals surface area contributed by atoms with Crippen molar-refractivity contribution in [2.45, 2.75) is 6.54 Å².